The molecule has 4 amide bonds. The van der Waals surface area contributed by atoms with E-state index in [0.717, 1.165) is 35.1 Å². The fourth-order valence-corrected chi connectivity index (χ4v) is 12.5. The molecular weight excluding hydrogens is 1180 g/mol. The lowest BCUT2D eigenvalue weighted by Gasteiger charge is -2.26. The van der Waals surface area contributed by atoms with Crippen molar-refractivity contribution in [2.45, 2.75) is 90.6 Å². The van der Waals surface area contributed by atoms with Crippen LogP contribution in [0.15, 0.2) is 107 Å². The lowest BCUT2D eigenvalue weighted by Crippen LogP contribution is -2.46. The standard InChI is InChI=1S/2C29H28BrN7O4/c2*1-16(38)27-20-9-18(19-12-31-17(2)32-13-19)7-8-21(20)36(35-27)14-26(39)37-22(10-29(15-41-3)11-23(29)37)28(40)34-25-6-4-5-24(30)33-25/h2*4-9,12-13,22-23H,10-11,14-15H2,1-3H3,(H,33,34,40)/t22-,23+,29-;22-,23-,29+/m00/s1. The lowest BCUT2D eigenvalue weighted by atomic mass is 10.00. The maximum atomic E-state index is 13.9. The Kier molecular flexibility index (Phi) is 15.2. The predicted octanol–water partition coefficient (Wildman–Crippen LogP) is 7.61. The highest BCUT2D eigenvalue weighted by molar-refractivity contribution is 9.10. The van der Waals surface area contributed by atoms with Gasteiger partial charge < -0.3 is 29.9 Å². The van der Waals surface area contributed by atoms with Gasteiger partial charge in [0.15, 0.2) is 11.6 Å². The maximum Gasteiger partial charge on any atom is 0.248 e. The van der Waals surface area contributed by atoms with E-state index in [9.17, 15) is 28.8 Å². The van der Waals surface area contributed by atoms with Crippen LogP contribution >= 0.6 is 31.9 Å². The van der Waals surface area contributed by atoms with Crippen LogP contribution in [-0.4, -0.2) is 146 Å². The number of piperidine rings is 2. The number of carbonyl (C=O) groups excluding carboxylic acids is 6. The molecule has 2 saturated carbocycles. The summed E-state index contributed by atoms with van der Waals surface area (Å²) in [4.78, 5) is 109. The normalized spacial score (nSPS) is 21.1. The molecule has 0 spiro atoms. The van der Waals surface area contributed by atoms with E-state index in [0.29, 0.717) is 80.4 Å². The summed E-state index contributed by atoms with van der Waals surface area (Å²) in [6, 6.07) is 20.1. The van der Waals surface area contributed by atoms with E-state index in [1.807, 2.05) is 50.2 Å². The Balaban J connectivity index is 0.000000172. The smallest absolute Gasteiger partial charge is 0.248 e. The van der Waals surface area contributed by atoms with Crippen LogP contribution in [0.5, 0.6) is 0 Å². The fraction of sp³-hybridized carbons (Fsp3) is 0.345. The number of aryl methyl sites for hydroxylation is 2. The SMILES string of the molecule is COC[C@@]12C[C@@H](C(=O)Nc3cccc(Br)n3)N(C(=O)Cn3nc(C(C)=O)c4cc(-c5cnc(C)nc5)ccc43)[C@@H]1C2.COC[C@@]12C[C@@H]1N(C(=O)Cn1nc(C(C)=O)c3cc(-c4cnc(C)nc4)ccc31)[C@H](C(=O)Nc1cccc(Br)n1)C2. The molecule has 8 heterocycles. The fourth-order valence-electron chi connectivity index (χ4n) is 11.8. The van der Waals surface area contributed by atoms with Crippen LogP contribution in [-0.2, 0) is 41.7 Å². The molecule has 420 valence electrons. The molecule has 2 aliphatic carbocycles. The summed E-state index contributed by atoms with van der Waals surface area (Å²) in [5.74, 6) is 0.619. The highest BCUT2D eigenvalue weighted by Crippen LogP contribution is 2.61. The van der Waals surface area contributed by atoms with Crippen molar-refractivity contribution in [3.63, 3.8) is 0 Å². The number of carbonyl (C=O) groups is 6. The third-order valence-electron chi connectivity index (χ3n) is 15.8. The van der Waals surface area contributed by atoms with Gasteiger partial charge in [-0.15, -0.1) is 0 Å². The Bertz CT molecular complexity index is 3630. The van der Waals surface area contributed by atoms with Crippen molar-refractivity contribution < 1.29 is 38.2 Å². The van der Waals surface area contributed by atoms with E-state index in [2.05, 4.69) is 82.6 Å². The molecule has 2 aliphatic heterocycles. The van der Waals surface area contributed by atoms with Crippen LogP contribution in [0.1, 0.15) is 72.2 Å². The van der Waals surface area contributed by atoms with Gasteiger partial charge in [-0.3, -0.25) is 38.1 Å². The Morgan fingerprint density at radius 3 is 1.30 bits per heavy atom. The second-order valence-electron chi connectivity index (χ2n) is 21.4. The van der Waals surface area contributed by atoms with E-state index in [-0.39, 0.29) is 82.6 Å². The zero-order valence-corrected chi connectivity index (χ0v) is 48.8. The van der Waals surface area contributed by atoms with Gasteiger partial charge in [-0.05, 0) is 131 Å². The number of Topliss-reactive ketones (excluding diaryl/α,β-unsaturated/α-hetero) is 2. The minimum absolute atomic E-state index is 0.108. The Morgan fingerprint density at radius 2 is 0.951 bits per heavy atom. The summed E-state index contributed by atoms with van der Waals surface area (Å²) in [6.07, 6.45) is 9.46. The Hall–Kier alpha value is -8.06. The van der Waals surface area contributed by atoms with Gasteiger partial charge in [0, 0.05) is 97.7 Å². The number of ether oxygens (including phenoxy) is 2. The molecule has 0 bridgehead atoms. The molecule has 4 fully saturated rings. The summed E-state index contributed by atoms with van der Waals surface area (Å²) in [6.45, 7) is 7.23. The topological polar surface area (TPSA) is 264 Å². The average molecular weight is 1240 g/mol. The molecule has 22 nitrogen and oxygen atoms in total. The van der Waals surface area contributed by atoms with E-state index in [4.69, 9.17) is 9.47 Å². The molecule has 6 atom stereocenters. The summed E-state index contributed by atoms with van der Waals surface area (Å²) >= 11 is 6.64. The number of aromatic nitrogens is 10. The monoisotopic (exact) mass is 1230 g/mol. The van der Waals surface area contributed by atoms with Gasteiger partial charge in [-0.1, -0.05) is 24.3 Å². The first-order valence-corrected chi connectivity index (χ1v) is 28.0. The zero-order valence-electron chi connectivity index (χ0n) is 45.6. The van der Waals surface area contributed by atoms with Crippen molar-refractivity contribution >= 4 is 100 Å². The third-order valence-corrected chi connectivity index (χ3v) is 16.7. The van der Waals surface area contributed by atoms with Gasteiger partial charge in [0.1, 0.15) is 69.1 Å². The summed E-state index contributed by atoms with van der Waals surface area (Å²) in [5, 5.41) is 16.1. The molecule has 2 N–H and O–H groups in total. The largest absolute Gasteiger partial charge is 0.384 e. The molecule has 0 radical (unpaired) electrons. The predicted molar refractivity (Wildman–Crippen MR) is 308 cm³/mol. The molecule has 82 heavy (non-hydrogen) atoms. The van der Waals surface area contributed by atoms with Crippen LogP contribution in [0.25, 0.3) is 44.1 Å². The minimum atomic E-state index is -0.681. The zero-order chi connectivity index (χ0) is 57.8. The van der Waals surface area contributed by atoms with Crippen LogP contribution in [0.3, 0.4) is 0 Å². The molecule has 6 aromatic heterocycles. The number of hydrogen-bond donors (Lipinski definition) is 2. The molecule has 2 aromatic carbocycles. The van der Waals surface area contributed by atoms with Crippen LogP contribution in [0.4, 0.5) is 11.6 Å². The number of hydrogen-bond acceptors (Lipinski definition) is 16. The molecule has 4 aliphatic rings. The summed E-state index contributed by atoms with van der Waals surface area (Å²) in [7, 11) is 3.26. The van der Waals surface area contributed by atoms with Gasteiger partial charge in [-0.25, -0.2) is 29.9 Å². The van der Waals surface area contributed by atoms with Crippen molar-refractivity contribution in [3.8, 4) is 22.3 Å². The number of ketones is 2. The van der Waals surface area contributed by atoms with E-state index in [1.54, 1.807) is 94.6 Å². The highest BCUT2D eigenvalue weighted by Gasteiger charge is 2.68. The number of fused-ring (bicyclic) bond motifs is 4. The van der Waals surface area contributed by atoms with Gasteiger partial charge in [0.2, 0.25) is 23.6 Å². The van der Waals surface area contributed by atoms with E-state index in [1.165, 1.54) is 13.8 Å². The maximum absolute atomic E-state index is 13.9. The van der Waals surface area contributed by atoms with Crippen LogP contribution < -0.4 is 10.6 Å². The number of amides is 4. The number of methoxy groups -OCH3 is 2. The highest BCUT2D eigenvalue weighted by atomic mass is 79.9. The lowest BCUT2D eigenvalue weighted by molar-refractivity contribution is -0.138. The van der Waals surface area contributed by atoms with E-state index < -0.39 is 12.1 Å². The first kappa shape index (κ1) is 55.8. The number of halogens is 2. The van der Waals surface area contributed by atoms with Crippen molar-refractivity contribution in [2.75, 3.05) is 38.1 Å². The molecule has 24 heteroatoms. The first-order valence-electron chi connectivity index (χ1n) is 26.5. The number of benzene rings is 2. The van der Waals surface area contributed by atoms with Crippen LogP contribution in [0, 0.1) is 24.7 Å². The summed E-state index contributed by atoms with van der Waals surface area (Å²) < 4.78 is 15.2. The van der Waals surface area contributed by atoms with Crippen LogP contribution in [0.2, 0.25) is 0 Å². The van der Waals surface area contributed by atoms with E-state index >= 15 is 0 Å². The molecule has 12 rings (SSSR count). The summed E-state index contributed by atoms with van der Waals surface area (Å²) in [5.41, 5.74) is 4.65. The average Bonchev–Trinajstić information content (AvgIpc) is 2.97. The van der Waals surface area contributed by atoms with Crippen molar-refractivity contribution in [1.82, 2.24) is 59.3 Å². The third kappa shape index (κ3) is 10.9. The van der Waals surface area contributed by atoms with Crippen molar-refractivity contribution in [1.29, 1.82) is 0 Å². The Morgan fingerprint density at radius 1 is 0.561 bits per heavy atom. The number of pyridine rings is 2. The Labute approximate surface area is 487 Å². The van der Waals surface area contributed by atoms with Gasteiger partial charge in [-0.2, -0.15) is 10.2 Å². The van der Waals surface area contributed by atoms with Gasteiger partial charge >= 0.3 is 0 Å². The molecule has 2 saturated heterocycles. The van der Waals surface area contributed by atoms with Crippen molar-refractivity contribution in [2.24, 2.45) is 10.8 Å². The molecular formula is C58H56Br2N14O8. The van der Waals surface area contributed by atoms with Gasteiger partial charge in [0.05, 0.1) is 24.2 Å². The number of nitrogens with one attached hydrogen (secondary N) is 2. The number of anilines is 2. The molecule has 0 unspecified atom stereocenters. The quantitative estimate of drug-likeness (QED) is 0.0696. The number of rotatable bonds is 16. The number of likely N-dealkylation sites (tertiary alicyclic amines) is 2. The molecule has 8 aromatic rings. The van der Waals surface area contributed by atoms with Gasteiger partial charge in [0.25, 0.3) is 0 Å². The minimum Gasteiger partial charge on any atom is -0.384 e. The second kappa shape index (κ2) is 22.4. The second-order valence-corrected chi connectivity index (χ2v) is 23.0. The first-order chi connectivity index (χ1) is 39.4. The van der Waals surface area contributed by atoms with Crippen molar-refractivity contribution in [3.05, 3.63) is 130 Å². The number of nitrogens with zero attached hydrogens (tertiary/aromatic N) is 12.